The predicted molar refractivity (Wildman–Crippen MR) is 153 cm³/mol. The molecule has 3 atom stereocenters. The quantitative estimate of drug-likeness (QED) is 0.253. The van der Waals surface area contributed by atoms with Crippen LogP contribution in [0.25, 0.3) is 0 Å². The maximum absolute atomic E-state index is 13.6. The number of hydrogen-bond donors (Lipinski definition) is 3. The molecule has 13 heteroatoms. The van der Waals surface area contributed by atoms with Crippen molar-refractivity contribution in [3.05, 3.63) is 95.8 Å². The van der Waals surface area contributed by atoms with Gasteiger partial charge in [-0.2, -0.15) is 13.2 Å². The molecule has 0 bridgehead atoms. The van der Waals surface area contributed by atoms with Crippen molar-refractivity contribution in [2.45, 2.75) is 44.8 Å². The number of rotatable bonds is 14. The Balaban J connectivity index is 1.89. The van der Waals surface area contributed by atoms with Crippen LogP contribution >= 0.6 is 0 Å². The van der Waals surface area contributed by atoms with Gasteiger partial charge in [0.25, 0.3) is 11.7 Å². The maximum Gasteiger partial charge on any atom is 0.452 e. The molecule has 1 aromatic heterocycles. The summed E-state index contributed by atoms with van der Waals surface area (Å²) in [5.74, 6) is -5.27. The fraction of sp³-hybridized carbons (Fsp3) is 0.323. The van der Waals surface area contributed by atoms with Crippen molar-refractivity contribution in [2.24, 2.45) is 5.92 Å². The van der Waals surface area contributed by atoms with Crippen molar-refractivity contribution >= 4 is 23.5 Å². The second-order valence-corrected chi connectivity index (χ2v) is 10.0. The van der Waals surface area contributed by atoms with Crippen LogP contribution in [0.1, 0.15) is 41.5 Å². The first-order valence-electron chi connectivity index (χ1n) is 13.6. The van der Waals surface area contributed by atoms with E-state index < -0.39 is 53.7 Å². The Morgan fingerprint density at radius 2 is 1.50 bits per heavy atom. The second kappa shape index (κ2) is 15.6. The number of amides is 3. The van der Waals surface area contributed by atoms with E-state index >= 15 is 0 Å². The van der Waals surface area contributed by atoms with Crippen molar-refractivity contribution in [3.63, 3.8) is 0 Å². The minimum atomic E-state index is -5.20. The molecule has 3 amide bonds. The van der Waals surface area contributed by atoms with Crippen LogP contribution in [0.2, 0.25) is 0 Å². The summed E-state index contributed by atoms with van der Waals surface area (Å²) in [6, 6.07) is 14.7. The zero-order chi connectivity index (χ0) is 32.3. The number of ether oxygens (including phenoxy) is 2. The third-order valence-electron chi connectivity index (χ3n) is 6.44. The topological polar surface area (TPSA) is 136 Å². The number of methoxy groups -OCH3 is 1. The van der Waals surface area contributed by atoms with Crippen molar-refractivity contribution in [2.75, 3.05) is 13.7 Å². The van der Waals surface area contributed by atoms with Gasteiger partial charge in [0.15, 0.2) is 0 Å². The average molecular weight is 615 g/mol. The molecule has 0 fully saturated rings. The Morgan fingerprint density at radius 3 is 2.07 bits per heavy atom. The van der Waals surface area contributed by atoms with Gasteiger partial charge in [0.2, 0.25) is 11.8 Å². The lowest BCUT2D eigenvalue weighted by molar-refractivity contribution is -0.175. The number of Topliss-reactive ketones (excluding diaryl/α,β-unsaturated/α-hetero) is 1. The fourth-order valence-corrected chi connectivity index (χ4v) is 4.07. The molecule has 0 aliphatic carbocycles. The number of pyridine rings is 1. The first kappa shape index (κ1) is 33.7. The van der Waals surface area contributed by atoms with Crippen molar-refractivity contribution < 1.29 is 41.8 Å². The monoisotopic (exact) mass is 614 g/mol. The van der Waals surface area contributed by atoms with E-state index in [2.05, 4.69) is 20.9 Å². The van der Waals surface area contributed by atoms with Gasteiger partial charge in [-0.15, -0.1) is 0 Å². The van der Waals surface area contributed by atoms with Crippen molar-refractivity contribution in [3.8, 4) is 5.75 Å². The lowest BCUT2D eigenvalue weighted by atomic mass is 9.97. The van der Waals surface area contributed by atoms with E-state index in [0.717, 1.165) is 5.56 Å². The largest absolute Gasteiger partial charge is 0.497 e. The Hall–Kier alpha value is -4.78. The van der Waals surface area contributed by atoms with E-state index in [4.69, 9.17) is 9.47 Å². The van der Waals surface area contributed by atoms with Gasteiger partial charge in [-0.25, -0.2) is 0 Å². The minimum absolute atomic E-state index is 0.0169. The van der Waals surface area contributed by atoms with Gasteiger partial charge in [-0.3, -0.25) is 24.2 Å². The van der Waals surface area contributed by atoms with Gasteiger partial charge >= 0.3 is 6.18 Å². The highest BCUT2D eigenvalue weighted by molar-refractivity contribution is 5.98. The van der Waals surface area contributed by atoms with E-state index in [9.17, 15) is 32.3 Å². The number of nitrogens with one attached hydrogen (secondary N) is 3. The van der Waals surface area contributed by atoms with Gasteiger partial charge in [0.05, 0.1) is 26.4 Å². The average Bonchev–Trinajstić information content (AvgIpc) is 3.01. The molecule has 0 aliphatic rings. The Morgan fingerprint density at radius 1 is 0.841 bits per heavy atom. The second-order valence-electron chi connectivity index (χ2n) is 10.0. The molecule has 0 unspecified atom stereocenters. The Bertz CT molecular complexity index is 1400. The van der Waals surface area contributed by atoms with Crippen molar-refractivity contribution in [1.82, 2.24) is 20.9 Å². The molecule has 234 valence electrons. The van der Waals surface area contributed by atoms with Crippen LogP contribution < -0.4 is 20.7 Å². The molecule has 1 heterocycles. The van der Waals surface area contributed by atoms with E-state index in [1.165, 1.54) is 57.5 Å². The van der Waals surface area contributed by atoms with Gasteiger partial charge < -0.3 is 25.4 Å². The molecule has 0 spiro atoms. The Kier molecular flexibility index (Phi) is 12.0. The number of carbonyl (C=O) groups is 4. The van der Waals surface area contributed by atoms with Crippen LogP contribution in [-0.4, -0.2) is 60.5 Å². The standard InChI is InChI=1S/C31H33F3N4O6/c1-19(2)25(27(39)31(32,33)34)37-30(42)26(21-12-14-22(43-3)15-13-21)38-29(41)24(18-44-17-20-9-5-4-6-10-20)36-28(40)23-11-7-8-16-35-23/h4-16,19,24-26H,17-18H2,1-3H3,(H,36,40)(H,37,42)(H,38,41)/t24-,25-,26-/m0/s1. The normalized spacial score (nSPS) is 13.3. The number of aromatic nitrogens is 1. The summed E-state index contributed by atoms with van der Waals surface area (Å²) in [7, 11) is 1.42. The summed E-state index contributed by atoms with van der Waals surface area (Å²) in [6.07, 6.45) is -3.80. The number of carbonyl (C=O) groups excluding carboxylic acids is 4. The third-order valence-corrected chi connectivity index (χ3v) is 6.44. The van der Waals surface area contributed by atoms with Crippen LogP contribution in [-0.2, 0) is 25.7 Å². The van der Waals surface area contributed by atoms with Crippen LogP contribution in [0.3, 0.4) is 0 Å². The van der Waals surface area contributed by atoms with Crippen LogP contribution in [0, 0.1) is 5.92 Å². The van der Waals surface area contributed by atoms with Crippen LogP contribution in [0.4, 0.5) is 13.2 Å². The Labute approximate surface area is 252 Å². The van der Waals surface area contributed by atoms with Crippen LogP contribution in [0.15, 0.2) is 79.0 Å². The van der Waals surface area contributed by atoms with E-state index in [1.54, 1.807) is 36.4 Å². The number of alkyl halides is 3. The zero-order valence-corrected chi connectivity index (χ0v) is 24.3. The molecule has 3 N–H and O–H groups in total. The minimum Gasteiger partial charge on any atom is -0.497 e. The highest BCUT2D eigenvalue weighted by atomic mass is 19.4. The lowest BCUT2D eigenvalue weighted by Crippen LogP contribution is -2.55. The summed E-state index contributed by atoms with van der Waals surface area (Å²) in [4.78, 5) is 56.0. The fourth-order valence-electron chi connectivity index (χ4n) is 4.07. The molecular formula is C31H33F3N4O6. The smallest absolute Gasteiger partial charge is 0.452 e. The van der Waals surface area contributed by atoms with E-state index in [0.29, 0.717) is 5.75 Å². The number of halogens is 3. The van der Waals surface area contributed by atoms with Gasteiger partial charge in [-0.1, -0.05) is 62.4 Å². The predicted octanol–water partition coefficient (Wildman–Crippen LogP) is 3.54. The lowest BCUT2D eigenvalue weighted by Gasteiger charge is -2.27. The summed E-state index contributed by atoms with van der Waals surface area (Å²) < 4.78 is 50.7. The maximum atomic E-state index is 13.6. The molecule has 44 heavy (non-hydrogen) atoms. The molecule has 0 saturated heterocycles. The third kappa shape index (κ3) is 9.63. The summed E-state index contributed by atoms with van der Waals surface area (Å²) in [5.41, 5.74) is 0.995. The summed E-state index contributed by atoms with van der Waals surface area (Å²) in [6.45, 7) is 2.48. The molecule has 3 aromatic rings. The van der Waals surface area contributed by atoms with E-state index in [1.807, 2.05) is 6.07 Å². The number of benzene rings is 2. The first-order chi connectivity index (χ1) is 20.9. The highest BCUT2D eigenvalue weighted by Gasteiger charge is 2.45. The molecule has 0 saturated carbocycles. The molecule has 0 aliphatic heterocycles. The SMILES string of the molecule is COc1ccc([C@H](NC(=O)[C@H](COCc2ccccc2)NC(=O)c2ccccn2)C(=O)N[C@H](C(=O)C(F)(F)F)C(C)C)cc1. The number of nitrogens with zero attached hydrogens (tertiary/aromatic N) is 1. The molecule has 0 radical (unpaired) electrons. The summed E-state index contributed by atoms with van der Waals surface area (Å²) in [5, 5.41) is 7.18. The molecule has 10 nitrogen and oxygen atoms in total. The van der Waals surface area contributed by atoms with Crippen LogP contribution in [0.5, 0.6) is 5.75 Å². The summed E-state index contributed by atoms with van der Waals surface area (Å²) >= 11 is 0. The first-order valence-corrected chi connectivity index (χ1v) is 13.6. The van der Waals surface area contributed by atoms with Crippen molar-refractivity contribution in [1.29, 1.82) is 0 Å². The molecule has 2 aromatic carbocycles. The highest BCUT2D eigenvalue weighted by Crippen LogP contribution is 2.23. The zero-order valence-electron chi connectivity index (χ0n) is 24.3. The number of ketones is 1. The molecule has 3 rings (SSSR count). The number of hydrogen-bond acceptors (Lipinski definition) is 7. The van der Waals surface area contributed by atoms with E-state index in [-0.39, 0.29) is 24.5 Å². The van der Waals surface area contributed by atoms with Gasteiger partial charge in [-0.05, 0) is 41.3 Å². The van der Waals surface area contributed by atoms with Gasteiger partial charge in [0.1, 0.15) is 23.5 Å². The molecular weight excluding hydrogens is 581 g/mol. The van der Waals surface area contributed by atoms with Gasteiger partial charge in [0, 0.05) is 6.20 Å².